The van der Waals surface area contributed by atoms with E-state index in [0.717, 1.165) is 25.7 Å². The first kappa shape index (κ1) is 24.2. The minimum absolute atomic E-state index is 0.276. The van der Waals surface area contributed by atoms with Gasteiger partial charge < -0.3 is 9.47 Å². The van der Waals surface area contributed by atoms with E-state index in [0.29, 0.717) is 36.9 Å². The van der Waals surface area contributed by atoms with Crippen LogP contribution < -0.4 is 0 Å². The lowest BCUT2D eigenvalue weighted by atomic mass is 10.00. The van der Waals surface area contributed by atoms with E-state index in [1.54, 1.807) is 24.3 Å². The molecular weight excluding hydrogens is 352 g/mol. The van der Waals surface area contributed by atoms with Gasteiger partial charge in [-0.2, -0.15) is 0 Å². The van der Waals surface area contributed by atoms with Crippen LogP contribution in [0.4, 0.5) is 0 Å². The van der Waals surface area contributed by atoms with Gasteiger partial charge in [0, 0.05) is 0 Å². The molecule has 1 aromatic carbocycles. The summed E-state index contributed by atoms with van der Waals surface area (Å²) in [6.07, 6.45) is 4.25. The molecule has 4 heteroatoms. The van der Waals surface area contributed by atoms with Crippen molar-refractivity contribution < 1.29 is 19.1 Å². The predicted molar refractivity (Wildman–Crippen MR) is 113 cm³/mol. The number of carbonyl (C=O) groups excluding carboxylic acids is 2. The summed E-state index contributed by atoms with van der Waals surface area (Å²) in [5.74, 6) is 0.946. The second kappa shape index (κ2) is 12.6. The smallest absolute Gasteiger partial charge is 0.339 e. The molecule has 0 aliphatic carbocycles. The fourth-order valence-corrected chi connectivity index (χ4v) is 2.83. The molecule has 28 heavy (non-hydrogen) atoms. The maximum atomic E-state index is 12.5. The molecule has 1 aromatic rings. The van der Waals surface area contributed by atoms with Crippen molar-refractivity contribution in [3.05, 3.63) is 35.4 Å². The second-order valence-electron chi connectivity index (χ2n) is 8.90. The van der Waals surface area contributed by atoms with Gasteiger partial charge in [-0.3, -0.25) is 0 Å². The van der Waals surface area contributed by atoms with Crippen molar-refractivity contribution in [1.29, 1.82) is 0 Å². The van der Waals surface area contributed by atoms with E-state index in [1.807, 2.05) is 0 Å². The Balaban J connectivity index is 2.60. The number of rotatable bonds is 12. The van der Waals surface area contributed by atoms with Gasteiger partial charge in [0.2, 0.25) is 0 Å². The number of carbonyl (C=O) groups is 2. The number of hydrogen-bond donors (Lipinski definition) is 0. The molecule has 0 saturated carbocycles. The van der Waals surface area contributed by atoms with Crippen LogP contribution in [-0.2, 0) is 9.47 Å². The number of hydrogen-bond acceptors (Lipinski definition) is 4. The molecule has 4 nitrogen and oxygen atoms in total. The fourth-order valence-electron chi connectivity index (χ4n) is 2.83. The Kier molecular flexibility index (Phi) is 10.9. The van der Waals surface area contributed by atoms with Crippen LogP contribution in [-0.4, -0.2) is 25.2 Å². The predicted octanol–water partition coefficient (Wildman–Crippen LogP) is 6.14. The van der Waals surface area contributed by atoms with E-state index in [-0.39, 0.29) is 11.1 Å². The standard InChI is InChI=1S/C24H38O4/c1-17(2)11-13-19(5)15-27-23(25)21-9-7-8-10-22(21)24(26)28-16-20(6)14-12-18(3)4/h7-10,17-20H,11-16H2,1-6H3/t19-,20+. The third-order valence-electron chi connectivity index (χ3n) is 4.84. The summed E-state index contributed by atoms with van der Waals surface area (Å²) in [6, 6.07) is 6.72. The Morgan fingerprint density at radius 2 is 1.04 bits per heavy atom. The zero-order valence-corrected chi connectivity index (χ0v) is 18.5. The molecule has 2 atom stereocenters. The molecule has 0 spiro atoms. The highest BCUT2D eigenvalue weighted by atomic mass is 16.5. The molecule has 0 amide bonds. The van der Waals surface area contributed by atoms with E-state index in [9.17, 15) is 9.59 Å². The average molecular weight is 391 g/mol. The molecule has 0 fully saturated rings. The van der Waals surface area contributed by atoms with Crippen LogP contribution in [0.1, 0.15) is 87.9 Å². The van der Waals surface area contributed by atoms with Crippen molar-refractivity contribution in [1.82, 2.24) is 0 Å². The van der Waals surface area contributed by atoms with Crippen LogP contribution in [0, 0.1) is 23.7 Å². The lowest BCUT2D eigenvalue weighted by molar-refractivity contribution is 0.0394. The zero-order chi connectivity index (χ0) is 21.1. The van der Waals surface area contributed by atoms with Crippen molar-refractivity contribution in [2.24, 2.45) is 23.7 Å². The van der Waals surface area contributed by atoms with Gasteiger partial charge in [0.1, 0.15) is 0 Å². The Bertz CT molecular complexity index is 553. The summed E-state index contributed by atoms with van der Waals surface area (Å²) in [4.78, 5) is 25.0. The Morgan fingerprint density at radius 3 is 1.36 bits per heavy atom. The first-order valence-corrected chi connectivity index (χ1v) is 10.6. The van der Waals surface area contributed by atoms with Crippen LogP contribution in [0.2, 0.25) is 0 Å². The summed E-state index contributed by atoms with van der Waals surface area (Å²) < 4.78 is 10.9. The van der Waals surface area contributed by atoms with Crippen LogP contribution >= 0.6 is 0 Å². The van der Waals surface area contributed by atoms with Gasteiger partial charge >= 0.3 is 11.9 Å². The molecular formula is C24H38O4. The van der Waals surface area contributed by atoms with E-state index >= 15 is 0 Å². The quantitative estimate of drug-likeness (QED) is 0.402. The third-order valence-corrected chi connectivity index (χ3v) is 4.84. The van der Waals surface area contributed by atoms with Crippen molar-refractivity contribution in [3.8, 4) is 0 Å². The average Bonchev–Trinajstić information content (AvgIpc) is 2.66. The monoisotopic (exact) mass is 390 g/mol. The fraction of sp³-hybridized carbons (Fsp3) is 0.667. The second-order valence-corrected chi connectivity index (χ2v) is 8.90. The van der Waals surface area contributed by atoms with Gasteiger partial charge in [-0.15, -0.1) is 0 Å². The van der Waals surface area contributed by atoms with Crippen LogP contribution in [0.15, 0.2) is 24.3 Å². The molecule has 0 aliphatic heterocycles. The molecule has 0 radical (unpaired) electrons. The lowest BCUT2D eigenvalue weighted by Gasteiger charge is -2.15. The highest BCUT2D eigenvalue weighted by molar-refractivity contribution is 6.03. The maximum Gasteiger partial charge on any atom is 0.339 e. The summed E-state index contributed by atoms with van der Waals surface area (Å²) in [5.41, 5.74) is 0.553. The minimum Gasteiger partial charge on any atom is -0.462 e. The first-order chi connectivity index (χ1) is 13.2. The van der Waals surface area contributed by atoms with Crippen LogP contribution in [0.5, 0.6) is 0 Å². The Morgan fingerprint density at radius 1 is 0.679 bits per heavy atom. The SMILES string of the molecule is CC(C)CC[C@@H](C)COC(=O)c1ccccc1C(=O)OC[C@@H](C)CCC(C)C. The molecule has 158 valence electrons. The highest BCUT2D eigenvalue weighted by Gasteiger charge is 2.20. The highest BCUT2D eigenvalue weighted by Crippen LogP contribution is 2.17. The van der Waals surface area contributed by atoms with E-state index < -0.39 is 11.9 Å². The molecule has 1 rings (SSSR count). The van der Waals surface area contributed by atoms with E-state index in [4.69, 9.17) is 9.47 Å². The van der Waals surface area contributed by atoms with E-state index in [2.05, 4.69) is 41.5 Å². The first-order valence-electron chi connectivity index (χ1n) is 10.6. The van der Waals surface area contributed by atoms with Gasteiger partial charge in [0.05, 0.1) is 24.3 Å². The molecule has 0 unspecified atom stereocenters. The van der Waals surface area contributed by atoms with Crippen molar-refractivity contribution in [2.75, 3.05) is 13.2 Å². The molecule has 0 bridgehead atoms. The number of benzene rings is 1. The van der Waals surface area contributed by atoms with Gasteiger partial charge in [0.25, 0.3) is 0 Å². The normalized spacial score (nSPS) is 13.4. The number of esters is 2. The summed E-state index contributed by atoms with van der Waals surface area (Å²) in [5, 5.41) is 0. The third kappa shape index (κ3) is 9.38. The molecule has 0 saturated heterocycles. The van der Waals surface area contributed by atoms with Crippen molar-refractivity contribution >= 4 is 11.9 Å². The van der Waals surface area contributed by atoms with Crippen molar-refractivity contribution in [2.45, 2.75) is 67.2 Å². The van der Waals surface area contributed by atoms with Gasteiger partial charge in [-0.05, 0) is 48.6 Å². The largest absolute Gasteiger partial charge is 0.462 e. The lowest BCUT2D eigenvalue weighted by Crippen LogP contribution is -2.18. The maximum absolute atomic E-state index is 12.5. The summed E-state index contributed by atoms with van der Waals surface area (Å²) in [7, 11) is 0. The van der Waals surface area contributed by atoms with Gasteiger partial charge in [-0.1, -0.05) is 66.5 Å². The Hall–Kier alpha value is -1.84. The van der Waals surface area contributed by atoms with E-state index in [1.165, 1.54) is 0 Å². The van der Waals surface area contributed by atoms with Crippen molar-refractivity contribution in [3.63, 3.8) is 0 Å². The summed E-state index contributed by atoms with van der Waals surface area (Å²) in [6.45, 7) is 13.6. The van der Waals surface area contributed by atoms with Gasteiger partial charge in [-0.25, -0.2) is 9.59 Å². The molecule has 0 N–H and O–H groups in total. The topological polar surface area (TPSA) is 52.6 Å². The number of ether oxygens (including phenoxy) is 2. The van der Waals surface area contributed by atoms with Crippen LogP contribution in [0.3, 0.4) is 0 Å². The van der Waals surface area contributed by atoms with Gasteiger partial charge in [0.15, 0.2) is 0 Å². The molecule has 0 heterocycles. The Labute approximate surface area is 171 Å². The van der Waals surface area contributed by atoms with Crippen LogP contribution in [0.25, 0.3) is 0 Å². The molecule has 0 aliphatic rings. The zero-order valence-electron chi connectivity index (χ0n) is 18.5. The minimum atomic E-state index is -0.461. The molecule has 0 aromatic heterocycles. The summed E-state index contributed by atoms with van der Waals surface area (Å²) >= 11 is 0.